The van der Waals surface area contributed by atoms with Gasteiger partial charge in [0.25, 0.3) is 0 Å². The Balaban J connectivity index is 1.79. The van der Waals surface area contributed by atoms with Crippen molar-refractivity contribution in [2.24, 2.45) is 5.92 Å². The first kappa shape index (κ1) is 20.5. The van der Waals surface area contributed by atoms with Gasteiger partial charge in [-0.1, -0.05) is 26.0 Å². The summed E-state index contributed by atoms with van der Waals surface area (Å²) in [5.74, 6) is 1.15. The van der Waals surface area contributed by atoms with E-state index in [0.29, 0.717) is 45.1 Å². The Morgan fingerprint density at radius 3 is 2.57 bits per heavy atom. The number of amides is 3. The van der Waals surface area contributed by atoms with Crippen molar-refractivity contribution in [3.8, 4) is 5.75 Å². The molecule has 1 aromatic rings. The van der Waals surface area contributed by atoms with Crippen LogP contribution in [-0.2, 0) is 16.1 Å². The minimum atomic E-state index is -0.390. The van der Waals surface area contributed by atoms with Crippen LogP contribution in [0.15, 0.2) is 24.3 Å². The van der Waals surface area contributed by atoms with Gasteiger partial charge in [0.2, 0.25) is 5.91 Å². The lowest BCUT2D eigenvalue weighted by atomic mass is 9.97. The number of fused-ring (bicyclic) bond motifs is 1. The molecule has 7 heteroatoms. The summed E-state index contributed by atoms with van der Waals surface area (Å²) in [6, 6.07) is 7.36. The van der Waals surface area contributed by atoms with Gasteiger partial charge in [0, 0.05) is 33.3 Å². The quantitative estimate of drug-likeness (QED) is 0.684. The Morgan fingerprint density at radius 2 is 1.89 bits per heavy atom. The van der Waals surface area contributed by atoms with Crippen LogP contribution in [0.3, 0.4) is 0 Å². The third-order valence-corrected chi connectivity index (χ3v) is 5.45. The largest absolute Gasteiger partial charge is 0.497 e. The second kappa shape index (κ2) is 8.82. The number of hydrogen-bond acceptors (Lipinski definition) is 4. The van der Waals surface area contributed by atoms with Gasteiger partial charge in [0.05, 0.1) is 19.8 Å². The van der Waals surface area contributed by atoms with Gasteiger partial charge >= 0.3 is 6.03 Å². The topological polar surface area (TPSA) is 62.3 Å². The molecule has 0 aliphatic carbocycles. The number of methoxy groups -OCH3 is 2. The zero-order chi connectivity index (χ0) is 20.3. The summed E-state index contributed by atoms with van der Waals surface area (Å²) in [4.78, 5) is 31.8. The molecule has 0 aromatic heterocycles. The fourth-order valence-corrected chi connectivity index (χ4v) is 4.13. The van der Waals surface area contributed by atoms with E-state index < -0.39 is 6.04 Å². The molecule has 0 spiro atoms. The molecule has 0 radical (unpaired) electrons. The van der Waals surface area contributed by atoms with Gasteiger partial charge in [-0.25, -0.2) is 4.79 Å². The molecule has 2 heterocycles. The van der Waals surface area contributed by atoms with Crippen LogP contribution in [0.2, 0.25) is 0 Å². The standard InChI is InChI=1S/C21H31N3O4/c1-15(2)10-19-20(25)22(8-9-27-3)13-17-14-23(21(26)24(17)19)12-16-6-5-7-18(11-16)28-4/h5-7,11,15,17,19H,8-10,12-14H2,1-4H3/t17-,19+/m1/s1. The monoisotopic (exact) mass is 389 g/mol. The lowest BCUT2D eigenvalue weighted by Crippen LogP contribution is -2.61. The minimum absolute atomic E-state index is 0.0245. The molecule has 2 fully saturated rings. The predicted molar refractivity (Wildman–Crippen MR) is 106 cm³/mol. The van der Waals surface area contributed by atoms with Gasteiger partial charge in [0.1, 0.15) is 11.8 Å². The predicted octanol–water partition coefficient (Wildman–Crippen LogP) is 2.20. The summed E-state index contributed by atoms with van der Waals surface area (Å²) in [6.07, 6.45) is 0.678. The smallest absolute Gasteiger partial charge is 0.321 e. The van der Waals surface area contributed by atoms with E-state index in [2.05, 4.69) is 13.8 Å². The molecule has 7 nitrogen and oxygen atoms in total. The number of carbonyl (C=O) groups is 2. The van der Waals surface area contributed by atoms with Crippen LogP contribution in [0.5, 0.6) is 5.75 Å². The fraction of sp³-hybridized carbons (Fsp3) is 0.619. The molecule has 2 aliphatic heterocycles. The molecule has 2 aliphatic rings. The van der Waals surface area contributed by atoms with Crippen molar-refractivity contribution in [3.05, 3.63) is 29.8 Å². The normalized spacial score (nSPS) is 22.2. The van der Waals surface area contributed by atoms with E-state index >= 15 is 0 Å². The molecule has 0 N–H and O–H groups in total. The maximum atomic E-state index is 13.2. The van der Waals surface area contributed by atoms with Gasteiger partial charge in [0.15, 0.2) is 0 Å². The molecule has 0 unspecified atom stereocenters. The van der Waals surface area contributed by atoms with Gasteiger partial charge < -0.3 is 24.2 Å². The van der Waals surface area contributed by atoms with E-state index in [1.165, 1.54) is 0 Å². The average Bonchev–Trinajstić information content (AvgIpc) is 2.97. The Kier molecular flexibility index (Phi) is 6.44. The number of ether oxygens (including phenoxy) is 2. The number of urea groups is 1. The Labute approximate surface area is 167 Å². The van der Waals surface area contributed by atoms with Crippen LogP contribution in [-0.4, -0.2) is 79.2 Å². The third-order valence-electron chi connectivity index (χ3n) is 5.45. The minimum Gasteiger partial charge on any atom is -0.497 e. The number of nitrogens with zero attached hydrogens (tertiary/aromatic N) is 3. The maximum absolute atomic E-state index is 13.2. The molecule has 3 rings (SSSR count). The molecule has 28 heavy (non-hydrogen) atoms. The highest BCUT2D eigenvalue weighted by Crippen LogP contribution is 2.30. The van der Waals surface area contributed by atoms with E-state index in [1.54, 1.807) is 14.2 Å². The van der Waals surface area contributed by atoms with Crippen LogP contribution in [0.4, 0.5) is 4.79 Å². The number of hydrogen-bond donors (Lipinski definition) is 0. The van der Waals surface area contributed by atoms with E-state index in [-0.39, 0.29) is 18.0 Å². The molecule has 0 bridgehead atoms. The Morgan fingerprint density at radius 1 is 1.14 bits per heavy atom. The van der Waals surface area contributed by atoms with Crippen molar-refractivity contribution in [2.75, 3.05) is 40.5 Å². The lowest BCUT2D eigenvalue weighted by molar-refractivity contribution is -0.143. The van der Waals surface area contributed by atoms with E-state index in [1.807, 2.05) is 39.0 Å². The SMILES string of the molecule is COCCN1C[C@@H]2CN(Cc3cccc(OC)c3)C(=O)N2[C@@H](CC(C)C)C1=O. The van der Waals surface area contributed by atoms with Crippen LogP contribution in [0.1, 0.15) is 25.8 Å². The van der Waals surface area contributed by atoms with Gasteiger partial charge in [-0.15, -0.1) is 0 Å². The van der Waals surface area contributed by atoms with Gasteiger partial charge in [-0.2, -0.15) is 0 Å². The number of benzene rings is 1. The zero-order valence-corrected chi connectivity index (χ0v) is 17.3. The molecule has 2 atom stereocenters. The van der Waals surface area contributed by atoms with Crippen molar-refractivity contribution in [1.29, 1.82) is 0 Å². The van der Waals surface area contributed by atoms with E-state index in [4.69, 9.17) is 9.47 Å². The van der Waals surface area contributed by atoms with E-state index in [9.17, 15) is 9.59 Å². The van der Waals surface area contributed by atoms with Crippen molar-refractivity contribution < 1.29 is 19.1 Å². The van der Waals surface area contributed by atoms with Crippen molar-refractivity contribution >= 4 is 11.9 Å². The summed E-state index contributed by atoms with van der Waals surface area (Å²) in [5.41, 5.74) is 1.02. The van der Waals surface area contributed by atoms with Crippen LogP contribution < -0.4 is 4.74 Å². The fourth-order valence-electron chi connectivity index (χ4n) is 4.13. The van der Waals surface area contributed by atoms with Gasteiger partial charge in [-0.05, 0) is 30.0 Å². The number of rotatable bonds is 8. The molecular formula is C21H31N3O4. The Hall–Kier alpha value is -2.28. The first-order chi connectivity index (χ1) is 13.4. The molecule has 0 saturated carbocycles. The molecular weight excluding hydrogens is 358 g/mol. The Bertz CT molecular complexity index is 709. The molecule has 2 saturated heterocycles. The number of carbonyl (C=O) groups excluding carboxylic acids is 2. The maximum Gasteiger partial charge on any atom is 0.321 e. The van der Waals surface area contributed by atoms with Crippen molar-refractivity contribution in [3.63, 3.8) is 0 Å². The summed E-state index contributed by atoms with van der Waals surface area (Å²) >= 11 is 0. The first-order valence-electron chi connectivity index (χ1n) is 9.92. The van der Waals surface area contributed by atoms with Gasteiger partial charge in [-0.3, -0.25) is 4.79 Å². The lowest BCUT2D eigenvalue weighted by Gasteiger charge is -2.42. The second-order valence-corrected chi connectivity index (χ2v) is 8.00. The van der Waals surface area contributed by atoms with Crippen molar-refractivity contribution in [2.45, 2.75) is 38.9 Å². The highest BCUT2D eigenvalue weighted by molar-refractivity contribution is 5.90. The first-order valence-corrected chi connectivity index (χ1v) is 9.92. The summed E-state index contributed by atoms with van der Waals surface area (Å²) in [5, 5.41) is 0. The van der Waals surface area contributed by atoms with Crippen LogP contribution in [0.25, 0.3) is 0 Å². The number of piperazine rings is 1. The highest BCUT2D eigenvalue weighted by atomic mass is 16.5. The van der Waals surface area contributed by atoms with Crippen LogP contribution in [0, 0.1) is 5.92 Å². The third kappa shape index (κ3) is 4.24. The average molecular weight is 389 g/mol. The molecule has 154 valence electrons. The molecule has 1 aromatic carbocycles. The van der Waals surface area contributed by atoms with E-state index in [0.717, 1.165) is 11.3 Å². The zero-order valence-electron chi connectivity index (χ0n) is 17.3. The second-order valence-electron chi connectivity index (χ2n) is 8.00. The van der Waals surface area contributed by atoms with Crippen LogP contribution >= 0.6 is 0 Å². The summed E-state index contributed by atoms with van der Waals surface area (Å²) < 4.78 is 10.5. The highest BCUT2D eigenvalue weighted by Gasteiger charge is 2.49. The van der Waals surface area contributed by atoms with Crippen molar-refractivity contribution in [1.82, 2.24) is 14.7 Å². The molecule has 3 amide bonds. The summed E-state index contributed by atoms with van der Waals surface area (Å²) in [7, 11) is 3.28. The summed E-state index contributed by atoms with van der Waals surface area (Å²) in [6.45, 7) is 6.96.